The quantitative estimate of drug-likeness (QED) is 0.896. The Morgan fingerprint density at radius 2 is 1.83 bits per heavy atom. The van der Waals surface area contributed by atoms with E-state index in [0.29, 0.717) is 6.54 Å². The van der Waals surface area contributed by atoms with Crippen molar-refractivity contribution in [3.63, 3.8) is 0 Å². The molecule has 0 aromatic heterocycles. The number of sulfonamides is 1. The van der Waals surface area contributed by atoms with Gasteiger partial charge in [-0.25, -0.2) is 8.42 Å². The van der Waals surface area contributed by atoms with Crippen molar-refractivity contribution < 1.29 is 13.5 Å². The summed E-state index contributed by atoms with van der Waals surface area (Å²) in [7, 11) is -3.43. The molecule has 100 valence electrons. The van der Waals surface area contributed by atoms with Crippen molar-refractivity contribution in [1.29, 1.82) is 0 Å². The fraction of sp³-hybridized carbons (Fsp3) is 0.538. The maximum absolute atomic E-state index is 12.5. The number of phenolic OH excluding ortho intramolecular Hbond substituents is 1. The molecule has 1 atom stereocenters. The minimum Gasteiger partial charge on any atom is -0.508 e. The molecule has 1 aromatic rings. The second kappa shape index (κ2) is 5.28. The number of aromatic hydroxyl groups is 1. The fourth-order valence-electron chi connectivity index (χ4n) is 2.36. The number of benzene rings is 1. The molecule has 0 aliphatic carbocycles. The summed E-state index contributed by atoms with van der Waals surface area (Å²) in [5.41, 5.74) is 0. The van der Waals surface area contributed by atoms with E-state index in [1.165, 1.54) is 24.3 Å². The van der Waals surface area contributed by atoms with Gasteiger partial charge in [0.1, 0.15) is 5.75 Å². The molecule has 0 amide bonds. The molecule has 1 unspecified atom stereocenters. The third-order valence-corrected chi connectivity index (χ3v) is 5.46. The first-order valence-electron chi connectivity index (χ1n) is 6.33. The van der Waals surface area contributed by atoms with Crippen LogP contribution in [0.4, 0.5) is 0 Å². The Morgan fingerprint density at radius 1 is 1.17 bits per heavy atom. The van der Waals surface area contributed by atoms with Gasteiger partial charge in [-0.05, 0) is 44.0 Å². The fourth-order valence-corrected chi connectivity index (χ4v) is 4.06. The van der Waals surface area contributed by atoms with Crippen LogP contribution in [0, 0.1) is 0 Å². The normalized spacial score (nSPS) is 22.6. The van der Waals surface area contributed by atoms with Crippen molar-refractivity contribution in [2.45, 2.75) is 43.5 Å². The van der Waals surface area contributed by atoms with Gasteiger partial charge in [0.25, 0.3) is 0 Å². The van der Waals surface area contributed by atoms with Crippen LogP contribution in [0.2, 0.25) is 0 Å². The van der Waals surface area contributed by atoms with E-state index in [0.717, 1.165) is 25.7 Å². The Morgan fingerprint density at radius 3 is 2.50 bits per heavy atom. The molecule has 1 saturated heterocycles. The van der Waals surface area contributed by atoms with Crippen LogP contribution in [0.1, 0.15) is 32.6 Å². The Labute approximate surface area is 108 Å². The Bertz CT molecular complexity index is 495. The van der Waals surface area contributed by atoms with Crippen LogP contribution < -0.4 is 0 Å². The molecular weight excluding hydrogens is 250 g/mol. The summed E-state index contributed by atoms with van der Waals surface area (Å²) in [5, 5.41) is 9.22. The predicted molar refractivity (Wildman–Crippen MR) is 69.9 cm³/mol. The number of rotatable bonds is 2. The zero-order valence-electron chi connectivity index (χ0n) is 10.5. The van der Waals surface area contributed by atoms with Crippen LogP contribution in [0.3, 0.4) is 0 Å². The molecule has 0 radical (unpaired) electrons. The van der Waals surface area contributed by atoms with Gasteiger partial charge in [-0.3, -0.25) is 0 Å². The van der Waals surface area contributed by atoms with Gasteiger partial charge in [0, 0.05) is 12.6 Å². The zero-order valence-corrected chi connectivity index (χ0v) is 11.4. The van der Waals surface area contributed by atoms with Crippen molar-refractivity contribution >= 4 is 10.0 Å². The van der Waals surface area contributed by atoms with Crippen molar-refractivity contribution in [2.24, 2.45) is 0 Å². The summed E-state index contributed by atoms with van der Waals surface area (Å²) in [6.45, 7) is 2.55. The van der Waals surface area contributed by atoms with Crippen LogP contribution in [0.5, 0.6) is 5.75 Å². The monoisotopic (exact) mass is 269 g/mol. The molecule has 18 heavy (non-hydrogen) atoms. The maximum Gasteiger partial charge on any atom is 0.243 e. The van der Waals surface area contributed by atoms with E-state index in [2.05, 4.69) is 0 Å². The lowest BCUT2D eigenvalue weighted by Crippen LogP contribution is -2.38. The lowest BCUT2D eigenvalue weighted by molar-refractivity contribution is 0.342. The van der Waals surface area contributed by atoms with Gasteiger partial charge in [0.15, 0.2) is 0 Å². The Hall–Kier alpha value is -1.07. The molecule has 0 spiro atoms. The van der Waals surface area contributed by atoms with E-state index in [1.807, 2.05) is 6.92 Å². The highest BCUT2D eigenvalue weighted by Crippen LogP contribution is 2.25. The molecule has 1 fully saturated rings. The number of hydrogen-bond acceptors (Lipinski definition) is 3. The van der Waals surface area contributed by atoms with Crippen LogP contribution in [0.15, 0.2) is 29.2 Å². The maximum atomic E-state index is 12.5. The first kappa shape index (κ1) is 13.4. The van der Waals surface area contributed by atoms with Crippen molar-refractivity contribution in [3.8, 4) is 5.75 Å². The average Bonchev–Trinajstić information content (AvgIpc) is 2.55. The smallest absolute Gasteiger partial charge is 0.243 e. The molecule has 5 heteroatoms. The summed E-state index contributed by atoms with van der Waals surface area (Å²) in [4.78, 5) is 0.258. The van der Waals surface area contributed by atoms with E-state index in [1.54, 1.807) is 4.31 Å². The number of nitrogens with zero attached hydrogens (tertiary/aromatic N) is 1. The molecule has 1 heterocycles. The molecular formula is C13H19NO3S. The van der Waals surface area contributed by atoms with Gasteiger partial charge < -0.3 is 5.11 Å². The van der Waals surface area contributed by atoms with E-state index < -0.39 is 10.0 Å². The van der Waals surface area contributed by atoms with Gasteiger partial charge in [0.05, 0.1) is 4.90 Å². The second-order valence-corrected chi connectivity index (χ2v) is 6.70. The van der Waals surface area contributed by atoms with Crippen LogP contribution in [0.25, 0.3) is 0 Å². The minimum atomic E-state index is -3.43. The number of phenols is 1. The Balaban J connectivity index is 2.31. The van der Waals surface area contributed by atoms with Crippen molar-refractivity contribution in [2.75, 3.05) is 6.54 Å². The molecule has 1 N–H and O–H groups in total. The van der Waals surface area contributed by atoms with E-state index in [-0.39, 0.29) is 16.7 Å². The van der Waals surface area contributed by atoms with E-state index >= 15 is 0 Å². The third kappa shape index (κ3) is 2.67. The molecule has 1 aliphatic heterocycles. The topological polar surface area (TPSA) is 57.6 Å². The van der Waals surface area contributed by atoms with Crippen LogP contribution >= 0.6 is 0 Å². The zero-order chi connectivity index (χ0) is 13.2. The van der Waals surface area contributed by atoms with Gasteiger partial charge in [-0.1, -0.05) is 12.8 Å². The van der Waals surface area contributed by atoms with E-state index in [4.69, 9.17) is 0 Å². The van der Waals surface area contributed by atoms with Gasteiger partial charge in [0.2, 0.25) is 10.0 Å². The third-order valence-electron chi connectivity index (χ3n) is 3.44. The largest absolute Gasteiger partial charge is 0.508 e. The highest BCUT2D eigenvalue weighted by Gasteiger charge is 2.29. The molecule has 4 nitrogen and oxygen atoms in total. The molecule has 0 saturated carbocycles. The minimum absolute atomic E-state index is 0.0475. The van der Waals surface area contributed by atoms with Crippen LogP contribution in [-0.4, -0.2) is 30.4 Å². The van der Waals surface area contributed by atoms with Crippen molar-refractivity contribution in [3.05, 3.63) is 24.3 Å². The van der Waals surface area contributed by atoms with Crippen molar-refractivity contribution in [1.82, 2.24) is 4.31 Å². The van der Waals surface area contributed by atoms with Gasteiger partial charge in [-0.15, -0.1) is 0 Å². The summed E-state index contributed by atoms with van der Waals surface area (Å²) in [6, 6.07) is 5.79. The first-order valence-corrected chi connectivity index (χ1v) is 7.77. The first-order chi connectivity index (χ1) is 8.51. The summed E-state index contributed by atoms with van der Waals surface area (Å²) >= 11 is 0. The average molecular weight is 269 g/mol. The molecule has 2 rings (SSSR count). The standard InChI is InChI=1S/C13H19NO3S/c1-11-5-3-2-4-10-14(11)18(16,17)13-8-6-12(15)7-9-13/h6-9,11,15H,2-5,10H2,1H3. The highest BCUT2D eigenvalue weighted by molar-refractivity contribution is 7.89. The molecule has 1 aliphatic rings. The Kier molecular flexibility index (Phi) is 3.92. The predicted octanol–water partition coefficient (Wildman–Crippen LogP) is 2.35. The molecule has 0 bridgehead atoms. The van der Waals surface area contributed by atoms with E-state index in [9.17, 15) is 13.5 Å². The lowest BCUT2D eigenvalue weighted by atomic mass is 10.1. The van der Waals surface area contributed by atoms with Crippen LogP contribution in [-0.2, 0) is 10.0 Å². The van der Waals surface area contributed by atoms with Gasteiger partial charge >= 0.3 is 0 Å². The lowest BCUT2D eigenvalue weighted by Gasteiger charge is -2.26. The summed E-state index contributed by atoms with van der Waals surface area (Å²) < 4.78 is 26.6. The molecule has 1 aromatic carbocycles. The summed E-state index contributed by atoms with van der Waals surface area (Å²) in [6.07, 6.45) is 4.01. The second-order valence-electron chi connectivity index (χ2n) is 4.81. The van der Waals surface area contributed by atoms with Gasteiger partial charge in [-0.2, -0.15) is 4.31 Å². The SMILES string of the molecule is CC1CCCCCN1S(=O)(=O)c1ccc(O)cc1. The highest BCUT2D eigenvalue weighted by atomic mass is 32.2. The number of hydrogen-bond donors (Lipinski definition) is 1. The summed E-state index contributed by atoms with van der Waals surface area (Å²) in [5.74, 6) is 0.0814.